The molecule has 3 aliphatic heterocycles. The number of benzene rings is 1. The van der Waals surface area contributed by atoms with Crippen LogP contribution in [0.4, 0.5) is 0 Å². The molecule has 0 aromatic heterocycles. The summed E-state index contributed by atoms with van der Waals surface area (Å²) in [5.41, 5.74) is 8.10. The Morgan fingerprint density at radius 1 is 1.17 bits per heavy atom. The first-order valence-corrected chi connectivity index (χ1v) is 9.45. The van der Waals surface area contributed by atoms with Crippen LogP contribution in [-0.4, -0.2) is 60.6 Å². The second kappa shape index (κ2) is 7.04. The van der Waals surface area contributed by atoms with Gasteiger partial charge in [0.1, 0.15) is 0 Å². The van der Waals surface area contributed by atoms with Crippen molar-refractivity contribution in [1.82, 2.24) is 20.2 Å². The zero-order chi connectivity index (χ0) is 16.5. The number of likely N-dealkylation sites (tertiary alicyclic amines) is 1. The van der Waals surface area contributed by atoms with Crippen LogP contribution in [0.2, 0.25) is 5.02 Å². The minimum Gasteiger partial charge on any atom is -0.321 e. The zero-order valence-corrected chi connectivity index (χ0v) is 15.2. The molecule has 1 N–H and O–H groups in total. The zero-order valence-electron chi connectivity index (χ0n) is 14.5. The Labute approximate surface area is 150 Å². The summed E-state index contributed by atoms with van der Waals surface area (Å²) in [5.74, 6) is 0. The molecule has 0 unspecified atom stereocenters. The molecule has 5 heteroatoms. The first-order valence-electron chi connectivity index (χ1n) is 9.07. The first kappa shape index (κ1) is 16.4. The van der Waals surface area contributed by atoms with Crippen molar-refractivity contribution in [3.05, 3.63) is 46.1 Å². The topological polar surface area (TPSA) is 21.8 Å². The molecule has 0 radical (unpaired) electrons. The standard InChI is InChI=1S/C19H27ClN4/c1-22-8-6-18(7-9-22)24-13-16-5-10-23(14-19(16)21-24)12-15-3-2-4-17(20)11-15/h2-4,11,18,21H,5-10,12-14H2,1H3. The lowest BCUT2D eigenvalue weighted by atomic mass is 10.0. The Bertz CT molecular complexity index is 622. The van der Waals surface area contributed by atoms with E-state index in [1.165, 1.54) is 43.6 Å². The fraction of sp³-hybridized carbons (Fsp3) is 0.579. The molecule has 3 heterocycles. The van der Waals surface area contributed by atoms with Gasteiger partial charge in [-0.1, -0.05) is 23.7 Å². The second-order valence-corrected chi connectivity index (χ2v) is 7.88. The fourth-order valence-corrected chi connectivity index (χ4v) is 4.33. The van der Waals surface area contributed by atoms with E-state index in [1.807, 2.05) is 12.1 Å². The Morgan fingerprint density at radius 3 is 2.79 bits per heavy atom. The lowest BCUT2D eigenvalue weighted by Gasteiger charge is -2.35. The summed E-state index contributed by atoms with van der Waals surface area (Å²) in [5, 5.41) is 3.33. The molecule has 1 fully saturated rings. The van der Waals surface area contributed by atoms with Crippen LogP contribution < -0.4 is 5.43 Å². The van der Waals surface area contributed by atoms with Gasteiger partial charge in [0.2, 0.25) is 0 Å². The lowest BCUT2D eigenvalue weighted by molar-refractivity contribution is 0.106. The maximum absolute atomic E-state index is 6.12. The van der Waals surface area contributed by atoms with Gasteiger partial charge in [-0.05, 0) is 62.7 Å². The molecule has 0 bridgehead atoms. The van der Waals surface area contributed by atoms with Crippen molar-refractivity contribution in [2.45, 2.75) is 31.8 Å². The smallest absolute Gasteiger partial charge is 0.0413 e. The molecular weight excluding hydrogens is 320 g/mol. The fourth-order valence-electron chi connectivity index (χ4n) is 4.12. The van der Waals surface area contributed by atoms with E-state index < -0.39 is 0 Å². The number of halogens is 1. The maximum Gasteiger partial charge on any atom is 0.0413 e. The van der Waals surface area contributed by atoms with Gasteiger partial charge in [0.05, 0.1) is 0 Å². The summed E-state index contributed by atoms with van der Waals surface area (Å²) in [7, 11) is 2.23. The molecule has 1 aromatic carbocycles. The van der Waals surface area contributed by atoms with Crippen LogP contribution in [-0.2, 0) is 6.54 Å². The van der Waals surface area contributed by atoms with Crippen molar-refractivity contribution in [2.75, 3.05) is 39.8 Å². The van der Waals surface area contributed by atoms with Crippen LogP contribution in [0.5, 0.6) is 0 Å². The number of nitrogens with one attached hydrogen (secondary N) is 1. The van der Waals surface area contributed by atoms with Crippen molar-refractivity contribution in [3.8, 4) is 0 Å². The van der Waals surface area contributed by atoms with Gasteiger partial charge < -0.3 is 10.3 Å². The van der Waals surface area contributed by atoms with E-state index in [2.05, 4.69) is 39.4 Å². The summed E-state index contributed by atoms with van der Waals surface area (Å²) in [4.78, 5) is 4.96. The Morgan fingerprint density at radius 2 is 2.00 bits per heavy atom. The SMILES string of the molecule is CN1CCC(N2CC3=C(CN(Cc4cccc(Cl)c4)CC3)N2)CC1. The normalized spacial score (nSPS) is 24.2. The maximum atomic E-state index is 6.12. The molecule has 1 saturated heterocycles. The van der Waals surface area contributed by atoms with E-state index in [9.17, 15) is 0 Å². The molecule has 0 saturated carbocycles. The average Bonchev–Trinajstić information content (AvgIpc) is 2.99. The quantitative estimate of drug-likeness (QED) is 0.908. The Kier molecular flexibility index (Phi) is 4.81. The van der Waals surface area contributed by atoms with E-state index >= 15 is 0 Å². The Balaban J connectivity index is 1.34. The predicted molar refractivity (Wildman–Crippen MR) is 98.7 cm³/mol. The van der Waals surface area contributed by atoms with Crippen molar-refractivity contribution in [1.29, 1.82) is 0 Å². The van der Waals surface area contributed by atoms with Crippen molar-refractivity contribution in [3.63, 3.8) is 0 Å². The van der Waals surface area contributed by atoms with Gasteiger partial charge >= 0.3 is 0 Å². The van der Waals surface area contributed by atoms with Crippen LogP contribution in [0.15, 0.2) is 35.5 Å². The number of hydrogen-bond donors (Lipinski definition) is 1. The van der Waals surface area contributed by atoms with Crippen LogP contribution in [0.1, 0.15) is 24.8 Å². The number of hydrogen-bond acceptors (Lipinski definition) is 4. The molecule has 1 aromatic rings. The third kappa shape index (κ3) is 3.62. The van der Waals surface area contributed by atoms with E-state index in [4.69, 9.17) is 11.6 Å². The molecule has 0 amide bonds. The molecule has 3 aliphatic rings. The van der Waals surface area contributed by atoms with Crippen molar-refractivity contribution < 1.29 is 0 Å². The molecule has 4 nitrogen and oxygen atoms in total. The molecule has 130 valence electrons. The van der Waals surface area contributed by atoms with Crippen LogP contribution in [0.25, 0.3) is 0 Å². The minimum absolute atomic E-state index is 0.688. The van der Waals surface area contributed by atoms with Gasteiger partial charge in [0, 0.05) is 42.9 Å². The highest BCUT2D eigenvalue weighted by Crippen LogP contribution is 2.27. The lowest BCUT2D eigenvalue weighted by Crippen LogP contribution is -2.47. The summed E-state index contributed by atoms with van der Waals surface area (Å²) in [6.07, 6.45) is 3.73. The minimum atomic E-state index is 0.688. The molecule has 24 heavy (non-hydrogen) atoms. The molecule has 0 spiro atoms. The van der Waals surface area contributed by atoms with Crippen LogP contribution in [0, 0.1) is 0 Å². The van der Waals surface area contributed by atoms with Gasteiger partial charge in [-0.3, -0.25) is 4.90 Å². The summed E-state index contributed by atoms with van der Waals surface area (Å²) >= 11 is 6.12. The molecular formula is C19H27ClN4. The average molecular weight is 347 g/mol. The summed E-state index contributed by atoms with van der Waals surface area (Å²) < 4.78 is 0. The third-order valence-corrected chi connectivity index (χ3v) is 5.84. The largest absolute Gasteiger partial charge is 0.321 e. The van der Waals surface area contributed by atoms with Gasteiger partial charge in [-0.2, -0.15) is 0 Å². The van der Waals surface area contributed by atoms with Crippen molar-refractivity contribution in [2.24, 2.45) is 0 Å². The first-order chi connectivity index (χ1) is 11.7. The second-order valence-electron chi connectivity index (χ2n) is 7.45. The highest BCUT2D eigenvalue weighted by molar-refractivity contribution is 6.30. The highest BCUT2D eigenvalue weighted by Gasteiger charge is 2.32. The monoisotopic (exact) mass is 346 g/mol. The predicted octanol–water partition coefficient (Wildman–Crippen LogP) is 2.71. The number of rotatable bonds is 3. The number of piperidine rings is 1. The van der Waals surface area contributed by atoms with Crippen molar-refractivity contribution >= 4 is 11.6 Å². The van der Waals surface area contributed by atoms with Gasteiger partial charge in [0.15, 0.2) is 0 Å². The van der Waals surface area contributed by atoms with Crippen LogP contribution >= 0.6 is 11.6 Å². The van der Waals surface area contributed by atoms with E-state index in [1.54, 1.807) is 5.57 Å². The molecule has 0 aliphatic carbocycles. The third-order valence-electron chi connectivity index (χ3n) is 5.60. The van der Waals surface area contributed by atoms with Gasteiger partial charge in [-0.15, -0.1) is 0 Å². The van der Waals surface area contributed by atoms with E-state index in [0.717, 1.165) is 31.2 Å². The molecule has 4 rings (SSSR count). The number of hydrazine groups is 1. The van der Waals surface area contributed by atoms with Gasteiger partial charge in [-0.25, -0.2) is 5.01 Å². The highest BCUT2D eigenvalue weighted by atomic mass is 35.5. The van der Waals surface area contributed by atoms with E-state index in [0.29, 0.717) is 6.04 Å². The van der Waals surface area contributed by atoms with E-state index in [-0.39, 0.29) is 0 Å². The molecule has 0 atom stereocenters. The summed E-state index contributed by atoms with van der Waals surface area (Å²) in [6.45, 7) is 6.71. The van der Waals surface area contributed by atoms with Crippen LogP contribution in [0.3, 0.4) is 0 Å². The Hall–Kier alpha value is -1.07. The number of nitrogens with zero attached hydrogens (tertiary/aromatic N) is 3. The summed E-state index contributed by atoms with van der Waals surface area (Å²) in [6, 6.07) is 8.93. The van der Waals surface area contributed by atoms with Gasteiger partial charge in [0.25, 0.3) is 0 Å².